The van der Waals surface area contributed by atoms with Gasteiger partial charge < -0.3 is 29.2 Å². The molecule has 41 heavy (non-hydrogen) atoms. The summed E-state index contributed by atoms with van der Waals surface area (Å²) in [6.07, 6.45) is 1.86. The number of carbonyl (C=O) groups is 1. The molecule has 2 aliphatic heterocycles. The molecule has 3 aromatic rings. The minimum absolute atomic E-state index is 0.0437. The standard InChI is InChI=1S/C34H42N2O5/c1-34(2)29-11-7-10-26(32(29)36(3)33(34)37)23-41-31-21-35-18-17-28(31)24-13-15-27(16-14-24)40-20-8-19-39-22-25-9-5-6-12-30(25)38-4/h5-7,9-16,28,31,35H,8,17-23H2,1-4H3/t28-,31+/m1/s1. The van der Waals surface area contributed by atoms with Crippen LogP contribution in [-0.4, -0.2) is 52.5 Å². The molecule has 7 nitrogen and oxygen atoms in total. The number of hydrogen-bond donors (Lipinski definition) is 1. The zero-order valence-electron chi connectivity index (χ0n) is 24.7. The van der Waals surface area contributed by atoms with Gasteiger partial charge in [0.15, 0.2) is 0 Å². The van der Waals surface area contributed by atoms with Crippen LogP contribution in [-0.2, 0) is 32.9 Å². The first-order valence-electron chi connectivity index (χ1n) is 14.6. The van der Waals surface area contributed by atoms with Crippen LogP contribution in [0.5, 0.6) is 11.5 Å². The van der Waals surface area contributed by atoms with Gasteiger partial charge in [-0.3, -0.25) is 4.79 Å². The summed E-state index contributed by atoms with van der Waals surface area (Å²) in [6, 6.07) is 22.5. The van der Waals surface area contributed by atoms with Gasteiger partial charge in [-0.1, -0.05) is 48.5 Å². The van der Waals surface area contributed by atoms with Crippen molar-refractivity contribution in [3.8, 4) is 11.5 Å². The van der Waals surface area contributed by atoms with Crippen molar-refractivity contribution in [3.63, 3.8) is 0 Å². The third-order valence-electron chi connectivity index (χ3n) is 8.31. The lowest BCUT2D eigenvalue weighted by atomic mass is 9.85. The van der Waals surface area contributed by atoms with Crippen LogP contribution in [0.1, 0.15) is 54.9 Å². The summed E-state index contributed by atoms with van der Waals surface area (Å²) in [6.45, 7) is 7.97. The number of para-hydroxylation sites is 2. The van der Waals surface area contributed by atoms with E-state index < -0.39 is 5.41 Å². The van der Waals surface area contributed by atoms with E-state index in [-0.39, 0.29) is 12.0 Å². The highest BCUT2D eigenvalue weighted by Gasteiger charge is 2.43. The Morgan fingerprint density at radius 2 is 1.73 bits per heavy atom. The second-order valence-electron chi connectivity index (χ2n) is 11.4. The third-order valence-corrected chi connectivity index (χ3v) is 8.31. The van der Waals surface area contributed by atoms with E-state index in [0.717, 1.165) is 59.8 Å². The van der Waals surface area contributed by atoms with Gasteiger partial charge in [0.2, 0.25) is 5.91 Å². The number of piperidine rings is 1. The Bertz CT molecular complexity index is 1320. The van der Waals surface area contributed by atoms with Gasteiger partial charge in [0.25, 0.3) is 0 Å². The Kier molecular flexibility index (Phi) is 9.28. The van der Waals surface area contributed by atoms with Crippen molar-refractivity contribution in [1.29, 1.82) is 0 Å². The predicted molar refractivity (Wildman–Crippen MR) is 161 cm³/mol. The van der Waals surface area contributed by atoms with Crippen molar-refractivity contribution in [2.45, 2.75) is 57.3 Å². The number of ether oxygens (including phenoxy) is 4. The average molecular weight is 559 g/mol. The molecule has 0 aromatic heterocycles. The SMILES string of the molecule is COc1ccccc1COCCCOc1ccc([C@H]2CCNC[C@@H]2OCc2cccc3c2N(C)C(=O)C3(C)C)cc1. The molecule has 0 bridgehead atoms. The monoisotopic (exact) mass is 558 g/mol. The Balaban J connectivity index is 1.12. The van der Waals surface area contributed by atoms with Gasteiger partial charge in [-0.15, -0.1) is 0 Å². The van der Waals surface area contributed by atoms with E-state index in [1.54, 1.807) is 12.0 Å². The minimum Gasteiger partial charge on any atom is -0.496 e. The summed E-state index contributed by atoms with van der Waals surface area (Å²) in [5.74, 6) is 2.13. The quantitative estimate of drug-likeness (QED) is 0.292. The summed E-state index contributed by atoms with van der Waals surface area (Å²) in [4.78, 5) is 14.6. The molecule has 1 fully saturated rings. The van der Waals surface area contributed by atoms with E-state index in [1.165, 1.54) is 5.56 Å². The van der Waals surface area contributed by atoms with Crippen molar-refractivity contribution in [2.75, 3.05) is 45.4 Å². The van der Waals surface area contributed by atoms with Crippen LogP contribution in [0.3, 0.4) is 0 Å². The first-order valence-corrected chi connectivity index (χ1v) is 14.6. The lowest BCUT2D eigenvalue weighted by Crippen LogP contribution is -2.41. The molecule has 1 amide bonds. The van der Waals surface area contributed by atoms with E-state index in [1.807, 2.05) is 51.2 Å². The van der Waals surface area contributed by atoms with Crippen LogP contribution in [0.4, 0.5) is 5.69 Å². The molecule has 1 saturated heterocycles. The number of anilines is 1. The third kappa shape index (κ3) is 6.43. The van der Waals surface area contributed by atoms with Crippen LogP contribution in [0.25, 0.3) is 0 Å². The molecule has 218 valence electrons. The molecule has 3 aromatic carbocycles. The van der Waals surface area contributed by atoms with Gasteiger partial charge in [0, 0.05) is 37.1 Å². The van der Waals surface area contributed by atoms with Crippen LogP contribution >= 0.6 is 0 Å². The van der Waals surface area contributed by atoms with Crippen molar-refractivity contribution in [3.05, 3.63) is 89.0 Å². The summed E-state index contributed by atoms with van der Waals surface area (Å²) in [5, 5.41) is 3.49. The molecule has 0 unspecified atom stereocenters. The van der Waals surface area contributed by atoms with E-state index in [0.29, 0.717) is 32.3 Å². The highest BCUT2D eigenvalue weighted by atomic mass is 16.5. The summed E-state index contributed by atoms with van der Waals surface area (Å²) in [5.41, 5.74) is 4.92. The molecule has 0 saturated carbocycles. The van der Waals surface area contributed by atoms with Crippen molar-refractivity contribution in [2.24, 2.45) is 0 Å². The topological polar surface area (TPSA) is 69.3 Å². The number of rotatable bonds is 12. The largest absolute Gasteiger partial charge is 0.496 e. The van der Waals surface area contributed by atoms with E-state index in [9.17, 15) is 4.79 Å². The van der Waals surface area contributed by atoms with E-state index in [4.69, 9.17) is 18.9 Å². The highest BCUT2D eigenvalue weighted by molar-refractivity contribution is 6.07. The predicted octanol–water partition coefficient (Wildman–Crippen LogP) is 5.60. The molecule has 2 aliphatic rings. The summed E-state index contributed by atoms with van der Waals surface area (Å²) in [7, 11) is 3.54. The smallest absolute Gasteiger partial charge is 0.236 e. The van der Waals surface area contributed by atoms with Gasteiger partial charge in [-0.05, 0) is 56.1 Å². The maximum atomic E-state index is 12.8. The molecule has 2 atom stereocenters. The van der Waals surface area contributed by atoms with Gasteiger partial charge in [0.1, 0.15) is 11.5 Å². The number of hydrogen-bond acceptors (Lipinski definition) is 6. The van der Waals surface area contributed by atoms with Crippen molar-refractivity contribution in [1.82, 2.24) is 5.32 Å². The zero-order valence-corrected chi connectivity index (χ0v) is 24.7. The lowest BCUT2D eigenvalue weighted by molar-refractivity contribution is -0.121. The molecular weight excluding hydrogens is 516 g/mol. The molecule has 2 heterocycles. The van der Waals surface area contributed by atoms with Crippen molar-refractivity contribution >= 4 is 11.6 Å². The number of nitrogens with one attached hydrogen (secondary N) is 1. The second-order valence-corrected chi connectivity index (χ2v) is 11.4. The molecule has 1 N–H and O–H groups in total. The number of amides is 1. The fraction of sp³-hybridized carbons (Fsp3) is 0.441. The zero-order chi connectivity index (χ0) is 28.8. The Labute approximate surface area is 243 Å². The van der Waals surface area contributed by atoms with E-state index >= 15 is 0 Å². The maximum Gasteiger partial charge on any atom is 0.236 e. The lowest BCUT2D eigenvalue weighted by Gasteiger charge is -2.33. The molecule has 0 aliphatic carbocycles. The number of fused-ring (bicyclic) bond motifs is 1. The van der Waals surface area contributed by atoms with Crippen LogP contribution < -0.4 is 19.7 Å². The van der Waals surface area contributed by atoms with Gasteiger partial charge in [-0.2, -0.15) is 0 Å². The number of nitrogens with zero attached hydrogens (tertiary/aromatic N) is 1. The summed E-state index contributed by atoms with van der Waals surface area (Å²) >= 11 is 0. The molecule has 0 radical (unpaired) electrons. The van der Waals surface area contributed by atoms with Crippen molar-refractivity contribution < 1.29 is 23.7 Å². The maximum absolute atomic E-state index is 12.8. The summed E-state index contributed by atoms with van der Waals surface area (Å²) < 4.78 is 23.7. The fourth-order valence-electron chi connectivity index (χ4n) is 5.99. The molecule has 5 rings (SSSR count). The van der Waals surface area contributed by atoms with Gasteiger partial charge in [0.05, 0.1) is 50.7 Å². The normalized spacial score (nSPS) is 19.7. The van der Waals surface area contributed by atoms with Gasteiger partial charge in [-0.25, -0.2) is 0 Å². The first-order chi connectivity index (χ1) is 19.9. The van der Waals surface area contributed by atoms with Gasteiger partial charge >= 0.3 is 0 Å². The number of likely N-dealkylation sites (N-methyl/N-ethyl adjacent to an activating group) is 1. The number of methoxy groups -OCH3 is 1. The minimum atomic E-state index is -0.512. The number of carbonyl (C=O) groups excluding carboxylic acids is 1. The van der Waals surface area contributed by atoms with E-state index in [2.05, 4.69) is 41.7 Å². The second kappa shape index (κ2) is 13.1. The molecule has 0 spiro atoms. The molecular formula is C34H42N2O5. The van der Waals surface area contributed by atoms with Crippen LogP contribution in [0.15, 0.2) is 66.7 Å². The van der Waals surface area contributed by atoms with Crippen LogP contribution in [0, 0.1) is 0 Å². The Hall–Kier alpha value is -3.39. The average Bonchev–Trinajstić information content (AvgIpc) is 3.18. The Morgan fingerprint density at radius 3 is 2.54 bits per heavy atom. The molecule has 7 heteroatoms. The highest BCUT2D eigenvalue weighted by Crippen LogP contribution is 2.43. The van der Waals surface area contributed by atoms with Crippen LogP contribution in [0.2, 0.25) is 0 Å². The fourth-order valence-corrected chi connectivity index (χ4v) is 5.99. The number of benzene rings is 3. The first kappa shape index (κ1) is 29.1. The Morgan fingerprint density at radius 1 is 0.951 bits per heavy atom.